The normalized spacial score (nSPS) is 19.2. The molecule has 0 aliphatic carbocycles. The number of hydrogen-bond donors (Lipinski definition) is 0. The fraction of sp³-hybridized carbons (Fsp3) is 0.300. The minimum absolute atomic E-state index is 0.117. The molecule has 4 heterocycles. The first-order valence-corrected chi connectivity index (χ1v) is 8.91. The summed E-state index contributed by atoms with van der Waals surface area (Å²) in [6.07, 6.45) is 5.54. The quantitative estimate of drug-likeness (QED) is 0.728. The zero-order valence-electron chi connectivity index (χ0n) is 14.4. The lowest BCUT2D eigenvalue weighted by Crippen LogP contribution is -2.33. The van der Waals surface area contributed by atoms with Crippen molar-refractivity contribution >= 4 is 0 Å². The van der Waals surface area contributed by atoms with Crippen molar-refractivity contribution in [3.05, 3.63) is 71.9 Å². The van der Waals surface area contributed by atoms with E-state index in [1.807, 2.05) is 18.3 Å². The maximum atomic E-state index is 5.98. The van der Waals surface area contributed by atoms with Gasteiger partial charge in [-0.25, -0.2) is 9.97 Å². The molecule has 3 aromatic rings. The lowest BCUT2D eigenvalue weighted by molar-refractivity contribution is 0.0850. The largest absolute Gasteiger partial charge is 0.484 e. The van der Waals surface area contributed by atoms with Crippen molar-refractivity contribution in [2.24, 2.45) is 0 Å². The Bertz CT molecular complexity index is 906. The van der Waals surface area contributed by atoms with Crippen LogP contribution in [-0.2, 0) is 19.6 Å². The Morgan fingerprint density at radius 1 is 1.04 bits per heavy atom. The molecular formula is C20H20N4O2. The molecule has 0 radical (unpaired) electrons. The number of rotatable bonds is 3. The third-order valence-corrected chi connectivity index (χ3v) is 4.96. The van der Waals surface area contributed by atoms with Gasteiger partial charge < -0.3 is 14.0 Å². The number of fused-ring (bicyclic) bond motifs is 2. The molecule has 6 nitrogen and oxygen atoms in total. The Labute approximate surface area is 152 Å². The molecule has 26 heavy (non-hydrogen) atoms. The van der Waals surface area contributed by atoms with Crippen LogP contribution in [0.2, 0.25) is 0 Å². The topological polar surface area (TPSA) is 52.4 Å². The molecule has 0 spiro atoms. The van der Waals surface area contributed by atoms with E-state index >= 15 is 0 Å². The van der Waals surface area contributed by atoms with Crippen LogP contribution in [0, 0.1) is 0 Å². The molecule has 2 aliphatic rings. The average molecular weight is 348 g/mol. The summed E-state index contributed by atoms with van der Waals surface area (Å²) in [6, 6.07) is 12.3. The zero-order valence-corrected chi connectivity index (χ0v) is 14.4. The molecule has 0 fully saturated rings. The monoisotopic (exact) mass is 348 g/mol. The van der Waals surface area contributed by atoms with E-state index in [4.69, 9.17) is 9.47 Å². The molecule has 0 saturated heterocycles. The maximum absolute atomic E-state index is 5.98. The van der Waals surface area contributed by atoms with E-state index in [2.05, 4.69) is 49.9 Å². The molecule has 2 aromatic heterocycles. The van der Waals surface area contributed by atoms with E-state index in [1.54, 1.807) is 6.20 Å². The highest BCUT2D eigenvalue weighted by Gasteiger charge is 2.23. The predicted molar refractivity (Wildman–Crippen MR) is 95.9 cm³/mol. The number of pyridine rings is 1. The number of aromatic nitrogens is 3. The second-order valence-corrected chi connectivity index (χ2v) is 6.71. The summed E-state index contributed by atoms with van der Waals surface area (Å²) in [5.41, 5.74) is 2.41. The average Bonchev–Trinajstić information content (AvgIpc) is 3.16. The summed E-state index contributed by atoms with van der Waals surface area (Å²) in [4.78, 5) is 11.1. The van der Waals surface area contributed by atoms with E-state index in [0.29, 0.717) is 18.2 Å². The van der Waals surface area contributed by atoms with Crippen LogP contribution >= 0.6 is 0 Å². The lowest BCUT2D eigenvalue weighted by Gasteiger charge is -2.28. The summed E-state index contributed by atoms with van der Waals surface area (Å²) in [5.74, 6) is 2.42. The molecule has 0 bridgehead atoms. The highest BCUT2D eigenvalue weighted by molar-refractivity contribution is 5.36. The van der Waals surface area contributed by atoms with Gasteiger partial charge in [0.2, 0.25) is 0 Å². The summed E-state index contributed by atoms with van der Waals surface area (Å²) in [7, 11) is 0. The Morgan fingerprint density at radius 3 is 2.88 bits per heavy atom. The van der Waals surface area contributed by atoms with Gasteiger partial charge in [0.15, 0.2) is 11.9 Å². The Morgan fingerprint density at radius 2 is 1.96 bits per heavy atom. The van der Waals surface area contributed by atoms with Crippen LogP contribution in [-0.4, -0.2) is 32.6 Å². The zero-order chi connectivity index (χ0) is 17.3. The van der Waals surface area contributed by atoms with Gasteiger partial charge in [0.05, 0.1) is 6.54 Å². The fourth-order valence-electron chi connectivity index (χ4n) is 3.53. The van der Waals surface area contributed by atoms with Gasteiger partial charge in [-0.3, -0.25) is 4.90 Å². The fourth-order valence-corrected chi connectivity index (χ4v) is 3.53. The van der Waals surface area contributed by atoms with Crippen LogP contribution in [0.15, 0.2) is 55.0 Å². The van der Waals surface area contributed by atoms with Gasteiger partial charge in [-0.1, -0.05) is 24.3 Å². The third kappa shape index (κ3) is 2.93. The number of imidazole rings is 1. The van der Waals surface area contributed by atoms with Crippen molar-refractivity contribution < 1.29 is 9.47 Å². The highest BCUT2D eigenvalue weighted by Crippen LogP contribution is 2.34. The first kappa shape index (κ1) is 15.4. The van der Waals surface area contributed by atoms with E-state index in [1.165, 1.54) is 5.56 Å². The molecule has 2 aliphatic heterocycles. The molecule has 6 heteroatoms. The van der Waals surface area contributed by atoms with Crippen LogP contribution in [0.4, 0.5) is 0 Å². The van der Waals surface area contributed by atoms with Crippen molar-refractivity contribution in [3.8, 4) is 11.6 Å². The van der Waals surface area contributed by atoms with Crippen LogP contribution in [0.25, 0.3) is 0 Å². The standard InChI is InChI=1S/C20H20N4O2/c1-2-17-20(22-7-1)26-18(14-25-17)16-5-3-15(4-6-16)12-23-10-11-24-9-8-21-19(24)13-23/h1-9,18H,10-14H2. The molecule has 1 unspecified atom stereocenters. The Balaban J connectivity index is 1.25. The van der Waals surface area contributed by atoms with Crippen molar-refractivity contribution in [3.63, 3.8) is 0 Å². The number of ether oxygens (including phenoxy) is 2. The number of hydrogen-bond acceptors (Lipinski definition) is 5. The lowest BCUT2D eigenvalue weighted by atomic mass is 10.1. The molecule has 0 N–H and O–H groups in total. The van der Waals surface area contributed by atoms with Gasteiger partial charge in [-0.15, -0.1) is 0 Å². The summed E-state index contributed by atoms with van der Waals surface area (Å²) < 4.78 is 14.0. The summed E-state index contributed by atoms with van der Waals surface area (Å²) in [6.45, 7) is 4.39. The Hall–Kier alpha value is -2.86. The van der Waals surface area contributed by atoms with Crippen molar-refractivity contribution in [2.75, 3.05) is 13.2 Å². The van der Waals surface area contributed by atoms with Crippen molar-refractivity contribution in [2.45, 2.75) is 25.7 Å². The van der Waals surface area contributed by atoms with Gasteiger partial charge in [0.1, 0.15) is 12.4 Å². The number of benzene rings is 1. The van der Waals surface area contributed by atoms with E-state index in [0.717, 1.165) is 37.6 Å². The van der Waals surface area contributed by atoms with Crippen LogP contribution in [0.3, 0.4) is 0 Å². The first-order chi connectivity index (χ1) is 12.8. The molecule has 132 valence electrons. The molecule has 0 amide bonds. The minimum atomic E-state index is -0.117. The van der Waals surface area contributed by atoms with Crippen LogP contribution in [0.5, 0.6) is 11.6 Å². The molecular weight excluding hydrogens is 328 g/mol. The first-order valence-electron chi connectivity index (χ1n) is 8.91. The summed E-state index contributed by atoms with van der Waals surface area (Å²) in [5, 5.41) is 0. The van der Waals surface area contributed by atoms with Gasteiger partial charge >= 0.3 is 0 Å². The highest BCUT2D eigenvalue weighted by atomic mass is 16.6. The third-order valence-electron chi connectivity index (χ3n) is 4.96. The second kappa shape index (κ2) is 6.46. The van der Waals surface area contributed by atoms with Gasteiger partial charge in [0.25, 0.3) is 5.88 Å². The van der Waals surface area contributed by atoms with Gasteiger partial charge in [-0.2, -0.15) is 0 Å². The smallest absolute Gasteiger partial charge is 0.257 e. The molecule has 1 aromatic carbocycles. The van der Waals surface area contributed by atoms with Crippen LogP contribution in [0.1, 0.15) is 23.1 Å². The van der Waals surface area contributed by atoms with Gasteiger partial charge in [0, 0.05) is 38.2 Å². The van der Waals surface area contributed by atoms with Crippen molar-refractivity contribution in [1.82, 2.24) is 19.4 Å². The van der Waals surface area contributed by atoms with Crippen LogP contribution < -0.4 is 9.47 Å². The molecule has 0 saturated carbocycles. The van der Waals surface area contributed by atoms with Crippen molar-refractivity contribution in [1.29, 1.82) is 0 Å². The van der Waals surface area contributed by atoms with E-state index in [-0.39, 0.29) is 6.10 Å². The maximum Gasteiger partial charge on any atom is 0.257 e. The predicted octanol–water partition coefficient (Wildman–Crippen LogP) is 2.81. The molecule has 5 rings (SSSR count). The van der Waals surface area contributed by atoms with E-state index < -0.39 is 0 Å². The van der Waals surface area contributed by atoms with Gasteiger partial charge in [-0.05, 0) is 23.3 Å². The minimum Gasteiger partial charge on any atom is -0.484 e. The van der Waals surface area contributed by atoms with E-state index in [9.17, 15) is 0 Å². The number of nitrogens with zero attached hydrogens (tertiary/aromatic N) is 4. The second-order valence-electron chi connectivity index (χ2n) is 6.71. The molecule has 1 atom stereocenters. The Kier molecular flexibility index (Phi) is 3.83. The summed E-state index contributed by atoms with van der Waals surface area (Å²) >= 11 is 0. The SMILES string of the molecule is c1cnc2c(c1)OCC(c1ccc(CN3CCn4ccnc4C3)cc1)O2.